The van der Waals surface area contributed by atoms with Gasteiger partial charge in [0.05, 0.1) is 13.2 Å². The molecule has 19 heavy (non-hydrogen) atoms. The minimum Gasteiger partial charge on any atom is -0.496 e. The van der Waals surface area contributed by atoms with Crippen molar-refractivity contribution in [1.29, 1.82) is 0 Å². The monoisotopic (exact) mass is 267 g/mol. The Hall–Kier alpha value is -1.10. The number of ether oxygens (including phenoxy) is 3. The Morgan fingerprint density at radius 2 is 1.68 bits per heavy atom. The van der Waals surface area contributed by atoms with E-state index >= 15 is 0 Å². The number of benzene rings is 1. The lowest BCUT2D eigenvalue weighted by Crippen LogP contribution is -2.40. The first-order valence-electron chi connectivity index (χ1n) is 6.49. The van der Waals surface area contributed by atoms with E-state index in [1.165, 1.54) is 5.56 Å². The standard InChI is InChI=1S/C15H25NO3/c1-10-7-8-14(17-4)13(9-10)11(2)16-12(3)15(18-5)19-6/h7-9,11-12,15-16H,1-6H3. The number of hydrogen-bond donors (Lipinski definition) is 1. The Bertz CT molecular complexity index is 391. The molecule has 0 saturated heterocycles. The predicted molar refractivity (Wildman–Crippen MR) is 76.5 cm³/mol. The summed E-state index contributed by atoms with van der Waals surface area (Å²) in [7, 11) is 4.98. The van der Waals surface area contributed by atoms with Gasteiger partial charge in [-0.15, -0.1) is 0 Å². The first-order valence-corrected chi connectivity index (χ1v) is 6.49. The van der Waals surface area contributed by atoms with Crippen LogP contribution in [0.5, 0.6) is 5.75 Å². The van der Waals surface area contributed by atoms with Crippen molar-refractivity contribution >= 4 is 0 Å². The van der Waals surface area contributed by atoms with Crippen LogP contribution >= 0.6 is 0 Å². The lowest BCUT2D eigenvalue weighted by molar-refractivity contribution is -0.120. The highest BCUT2D eigenvalue weighted by Gasteiger charge is 2.20. The molecule has 0 aliphatic heterocycles. The third-order valence-corrected chi connectivity index (χ3v) is 3.24. The summed E-state index contributed by atoms with van der Waals surface area (Å²) in [5, 5.41) is 3.47. The molecule has 0 heterocycles. The summed E-state index contributed by atoms with van der Waals surface area (Å²) in [6.07, 6.45) is -0.266. The number of aryl methyl sites for hydroxylation is 1. The summed E-state index contributed by atoms with van der Waals surface area (Å²) in [5.41, 5.74) is 2.35. The van der Waals surface area contributed by atoms with Crippen molar-refractivity contribution in [3.05, 3.63) is 29.3 Å². The average molecular weight is 267 g/mol. The van der Waals surface area contributed by atoms with Gasteiger partial charge in [-0.3, -0.25) is 0 Å². The average Bonchev–Trinajstić information content (AvgIpc) is 2.40. The fourth-order valence-electron chi connectivity index (χ4n) is 2.26. The maximum Gasteiger partial charge on any atom is 0.171 e. The molecule has 1 aromatic carbocycles. The SMILES string of the molecule is COc1ccc(C)cc1C(C)NC(C)C(OC)OC. The number of hydrogen-bond acceptors (Lipinski definition) is 4. The van der Waals surface area contributed by atoms with E-state index < -0.39 is 0 Å². The van der Waals surface area contributed by atoms with E-state index in [2.05, 4.69) is 25.2 Å². The molecule has 0 aliphatic carbocycles. The van der Waals surface area contributed by atoms with Gasteiger partial charge in [0.15, 0.2) is 6.29 Å². The molecule has 0 bridgehead atoms. The summed E-state index contributed by atoms with van der Waals surface area (Å²) in [5.74, 6) is 0.893. The van der Waals surface area contributed by atoms with Crippen molar-refractivity contribution in [2.24, 2.45) is 0 Å². The van der Waals surface area contributed by atoms with E-state index in [1.807, 2.05) is 19.1 Å². The van der Waals surface area contributed by atoms with Crippen LogP contribution in [0.4, 0.5) is 0 Å². The molecule has 0 saturated carbocycles. The van der Waals surface area contributed by atoms with Crippen molar-refractivity contribution in [2.45, 2.75) is 39.1 Å². The van der Waals surface area contributed by atoms with Crippen LogP contribution in [0.1, 0.15) is 31.0 Å². The van der Waals surface area contributed by atoms with Gasteiger partial charge in [0.2, 0.25) is 0 Å². The molecule has 1 rings (SSSR count). The van der Waals surface area contributed by atoms with E-state index in [9.17, 15) is 0 Å². The Kier molecular flexibility index (Phi) is 6.28. The maximum absolute atomic E-state index is 5.41. The van der Waals surface area contributed by atoms with Gasteiger partial charge in [-0.25, -0.2) is 0 Å². The highest BCUT2D eigenvalue weighted by molar-refractivity contribution is 5.38. The molecule has 0 amide bonds. The van der Waals surface area contributed by atoms with Gasteiger partial charge in [0, 0.05) is 25.8 Å². The number of methoxy groups -OCH3 is 3. The molecule has 0 fully saturated rings. The molecular formula is C15H25NO3. The molecule has 2 atom stereocenters. The summed E-state index contributed by atoms with van der Waals surface area (Å²) in [6, 6.07) is 6.41. The zero-order valence-corrected chi connectivity index (χ0v) is 12.7. The van der Waals surface area contributed by atoms with Gasteiger partial charge in [0.25, 0.3) is 0 Å². The first kappa shape index (κ1) is 16.0. The van der Waals surface area contributed by atoms with Crippen LogP contribution in [0, 0.1) is 6.92 Å². The minimum absolute atomic E-state index is 0.0789. The third-order valence-electron chi connectivity index (χ3n) is 3.24. The molecule has 0 aromatic heterocycles. The molecule has 108 valence electrons. The molecule has 1 aromatic rings. The predicted octanol–water partition coefficient (Wildman–Crippen LogP) is 2.66. The zero-order chi connectivity index (χ0) is 14.4. The minimum atomic E-state index is -0.266. The van der Waals surface area contributed by atoms with Crippen LogP contribution in [0.15, 0.2) is 18.2 Å². The second kappa shape index (κ2) is 7.48. The fourth-order valence-corrected chi connectivity index (χ4v) is 2.26. The number of rotatable bonds is 7. The van der Waals surface area contributed by atoms with Crippen LogP contribution in [0.3, 0.4) is 0 Å². The van der Waals surface area contributed by atoms with Crippen molar-refractivity contribution < 1.29 is 14.2 Å². The summed E-state index contributed by atoms with van der Waals surface area (Å²) in [4.78, 5) is 0. The van der Waals surface area contributed by atoms with E-state index in [1.54, 1.807) is 21.3 Å². The lowest BCUT2D eigenvalue weighted by Gasteiger charge is -2.26. The van der Waals surface area contributed by atoms with Crippen LogP contribution in [0.25, 0.3) is 0 Å². The van der Waals surface area contributed by atoms with Gasteiger partial charge in [-0.2, -0.15) is 0 Å². The van der Waals surface area contributed by atoms with Gasteiger partial charge in [-0.1, -0.05) is 17.7 Å². The van der Waals surface area contributed by atoms with Crippen LogP contribution in [-0.4, -0.2) is 33.7 Å². The molecule has 4 heteroatoms. The molecular weight excluding hydrogens is 242 g/mol. The van der Waals surface area contributed by atoms with Crippen molar-refractivity contribution in [2.75, 3.05) is 21.3 Å². The Morgan fingerprint density at radius 3 is 2.21 bits per heavy atom. The Morgan fingerprint density at radius 1 is 1.05 bits per heavy atom. The third kappa shape index (κ3) is 4.20. The second-order valence-corrected chi connectivity index (χ2v) is 4.76. The van der Waals surface area contributed by atoms with E-state index in [4.69, 9.17) is 14.2 Å². The normalized spacial score (nSPS) is 14.5. The second-order valence-electron chi connectivity index (χ2n) is 4.76. The smallest absolute Gasteiger partial charge is 0.171 e. The van der Waals surface area contributed by atoms with Crippen LogP contribution in [-0.2, 0) is 9.47 Å². The topological polar surface area (TPSA) is 39.7 Å². The first-order chi connectivity index (χ1) is 9.03. The zero-order valence-electron chi connectivity index (χ0n) is 12.7. The quantitative estimate of drug-likeness (QED) is 0.771. The molecule has 0 aliphatic rings. The summed E-state index contributed by atoms with van der Waals surface area (Å²) >= 11 is 0. The Balaban J connectivity index is 2.82. The highest BCUT2D eigenvalue weighted by Crippen LogP contribution is 2.26. The summed E-state index contributed by atoms with van der Waals surface area (Å²) in [6.45, 7) is 6.22. The molecule has 0 spiro atoms. The van der Waals surface area contributed by atoms with Crippen LogP contribution in [0.2, 0.25) is 0 Å². The molecule has 1 N–H and O–H groups in total. The maximum atomic E-state index is 5.41. The van der Waals surface area contributed by atoms with E-state index in [0.29, 0.717) is 0 Å². The van der Waals surface area contributed by atoms with Gasteiger partial charge >= 0.3 is 0 Å². The largest absolute Gasteiger partial charge is 0.496 e. The molecule has 2 unspecified atom stereocenters. The van der Waals surface area contributed by atoms with Crippen molar-refractivity contribution in [3.8, 4) is 5.75 Å². The fraction of sp³-hybridized carbons (Fsp3) is 0.600. The Labute approximate surface area is 116 Å². The van der Waals surface area contributed by atoms with Crippen molar-refractivity contribution in [3.63, 3.8) is 0 Å². The van der Waals surface area contributed by atoms with Gasteiger partial charge in [-0.05, 0) is 26.8 Å². The van der Waals surface area contributed by atoms with E-state index in [-0.39, 0.29) is 18.4 Å². The molecule has 0 radical (unpaired) electrons. The van der Waals surface area contributed by atoms with Crippen LogP contribution < -0.4 is 10.1 Å². The highest BCUT2D eigenvalue weighted by atomic mass is 16.7. The van der Waals surface area contributed by atoms with E-state index in [0.717, 1.165) is 11.3 Å². The lowest BCUT2D eigenvalue weighted by atomic mass is 10.0. The molecule has 4 nitrogen and oxygen atoms in total. The number of nitrogens with one attached hydrogen (secondary N) is 1. The van der Waals surface area contributed by atoms with Gasteiger partial charge in [0.1, 0.15) is 5.75 Å². The van der Waals surface area contributed by atoms with Crippen molar-refractivity contribution in [1.82, 2.24) is 5.32 Å². The van der Waals surface area contributed by atoms with Gasteiger partial charge < -0.3 is 19.5 Å². The summed E-state index contributed by atoms with van der Waals surface area (Å²) < 4.78 is 15.9.